The Morgan fingerprint density at radius 3 is 3.00 bits per heavy atom. The smallest absolute Gasteiger partial charge is 0.141 e. The lowest BCUT2D eigenvalue weighted by Gasteiger charge is -2.04. The third kappa shape index (κ3) is 1.53. The zero-order chi connectivity index (χ0) is 8.27. The summed E-state index contributed by atoms with van der Waals surface area (Å²) >= 11 is 0. The van der Waals surface area contributed by atoms with Crippen LogP contribution in [0.5, 0.6) is 0 Å². The molecule has 0 aliphatic rings. The van der Waals surface area contributed by atoms with Gasteiger partial charge in [-0.3, -0.25) is 10.4 Å². The van der Waals surface area contributed by atoms with Crippen molar-refractivity contribution in [1.29, 1.82) is 5.41 Å². The van der Waals surface area contributed by atoms with Crippen LogP contribution in [0, 0.1) is 12.3 Å². The molecule has 1 rings (SSSR count). The molecule has 0 atom stereocenters. The van der Waals surface area contributed by atoms with E-state index in [1.165, 1.54) is 0 Å². The standard InChI is InChI=1S/C7H10N4/c1-5-2-3-10-4-6(5)7(8)11-9/h2-4H,9H2,1H3,(H2,8,11). The van der Waals surface area contributed by atoms with E-state index in [4.69, 9.17) is 11.3 Å². The molecule has 11 heavy (non-hydrogen) atoms. The molecule has 0 aliphatic carbocycles. The average molecular weight is 150 g/mol. The number of rotatable bonds is 1. The summed E-state index contributed by atoms with van der Waals surface area (Å²) in [6.07, 6.45) is 3.29. The van der Waals surface area contributed by atoms with Crippen molar-refractivity contribution >= 4 is 5.84 Å². The van der Waals surface area contributed by atoms with Gasteiger partial charge in [0.15, 0.2) is 0 Å². The van der Waals surface area contributed by atoms with E-state index >= 15 is 0 Å². The molecule has 1 aromatic heterocycles. The van der Waals surface area contributed by atoms with Crippen LogP contribution in [0.2, 0.25) is 0 Å². The Morgan fingerprint density at radius 1 is 1.73 bits per heavy atom. The normalized spacial score (nSPS) is 9.27. The van der Waals surface area contributed by atoms with Gasteiger partial charge in [-0.1, -0.05) is 0 Å². The van der Waals surface area contributed by atoms with Crippen LogP contribution in [-0.2, 0) is 0 Å². The maximum Gasteiger partial charge on any atom is 0.141 e. The Balaban J connectivity index is 3.03. The number of amidine groups is 1. The van der Waals surface area contributed by atoms with Crippen molar-refractivity contribution < 1.29 is 0 Å². The summed E-state index contributed by atoms with van der Waals surface area (Å²) in [6, 6.07) is 1.83. The molecule has 0 spiro atoms. The highest BCUT2D eigenvalue weighted by Gasteiger charge is 2.01. The van der Waals surface area contributed by atoms with E-state index in [-0.39, 0.29) is 5.84 Å². The van der Waals surface area contributed by atoms with Gasteiger partial charge in [0.2, 0.25) is 0 Å². The zero-order valence-electron chi connectivity index (χ0n) is 6.26. The number of aryl methyl sites for hydroxylation is 1. The van der Waals surface area contributed by atoms with Crippen LogP contribution in [0.3, 0.4) is 0 Å². The van der Waals surface area contributed by atoms with Crippen molar-refractivity contribution in [3.63, 3.8) is 0 Å². The second kappa shape index (κ2) is 3.12. The van der Waals surface area contributed by atoms with Gasteiger partial charge in [0.1, 0.15) is 5.84 Å². The summed E-state index contributed by atoms with van der Waals surface area (Å²) in [5, 5.41) is 7.34. The first-order chi connectivity index (χ1) is 5.25. The average Bonchev–Trinajstić information content (AvgIpc) is 2.04. The fourth-order valence-corrected chi connectivity index (χ4v) is 0.803. The molecule has 0 saturated carbocycles. The van der Waals surface area contributed by atoms with Gasteiger partial charge in [-0.2, -0.15) is 0 Å². The van der Waals surface area contributed by atoms with E-state index in [1.54, 1.807) is 12.4 Å². The van der Waals surface area contributed by atoms with Crippen molar-refractivity contribution in [2.24, 2.45) is 5.84 Å². The first-order valence-corrected chi connectivity index (χ1v) is 3.22. The van der Waals surface area contributed by atoms with Crippen LogP contribution in [0.25, 0.3) is 0 Å². The summed E-state index contributed by atoms with van der Waals surface area (Å²) in [6.45, 7) is 1.91. The predicted molar refractivity (Wildman–Crippen MR) is 43.1 cm³/mol. The molecule has 4 heteroatoms. The van der Waals surface area contributed by atoms with E-state index < -0.39 is 0 Å². The van der Waals surface area contributed by atoms with Crippen LogP contribution in [0.15, 0.2) is 18.5 Å². The highest BCUT2D eigenvalue weighted by molar-refractivity contribution is 5.96. The second-order valence-corrected chi connectivity index (χ2v) is 2.21. The highest BCUT2D eigenvalue weighted by atomic mass is 15.2. The maximum absolute atomic E-state index is 7.34. The van der Waals surface area contributed by atoms with Gasteiger partial charge in [-0.25, -0.2) is 5.84 Å². The fourth-order valence-electron chi connectivity index (χ4n) is 0.803. The third-order valence-corrected chi connectivity index (χ3v) is 1.45. The maximum atomic E-state index is 7.34. The van der Waals surface area contributed by atoms with Crippen molar-refractivity contribution in [2.45, 2.75) is 6.92 Å². The van der Waals surface area contributed by atoms with Crippen LogP contribution in [0.4, 0.5) is 0 Å². The molecular formula is C7H10N4. The lowest BCUT2D eigenvalue weighted by molar-refractivity contribution is 1.01. The molecule has 0 fully saturated rings. The topological polar surface area (TPSA) is 74.8 Å². The van der Waals surface area contributed by atoms with Crippen molar-refractivity contribution in [3.05, 3.63) is 29.6 Å². The van der Waals surface area contributed by atoms with E-state index in [1.807, 2.05) is 13.0 Å². The van der Waals surface area contributed by atoms with Crippen LogP contribution >= 0.6 is 0 Å². The fraction of sp³-hybridized carbons (Fsp3) is 0.143. The molecular weight excluding hydrogens is 140 g/mol. The lowest BCUT2D eigenvalue weighted by atomic mass is 10.1. The minimum Gasteiger partial charge on any atom is -0.308 e. The van der Waals surface area contributed by atoms with E-state index in [0.717, 1.165) is 11.1 Å². The van der Waals surface area contributed by atoms with Gasteiger partial charge in [0.25, 0.3) is 0 Å². The minimum atomic E-state index is 0.190. The number of hydrogen-bond donors (Lipinski definition) is 3. The van der Waals surface area contributed by atoms with Crippen LogP contribution < -0.4 is 11.3 Å². The van der Waals surface area contributed by atoms with Gasteiger partial charge in [-0.05, 0) is 18.6 Å². The summed E-state index contributed by atoms with van der Waals surface area (Å²) in [5.74, 6) is 5.26. The van der Waals surface area contributed by atoms with Gasteiger partial charge in [-0.15, -0.1) is 0 Å². The molecule has 4 nitrogen and oxygen atoms in total. The molecule has 1 heterocycles. The van der Waals surface area contributed by atoms with Gasteiger partial charge < -0.3 is 5.43 Å². The Bertz CT molecular complexity index is 269. The monoisotopic (exact) mass is 150 g/mol. The first-order valence-electron chi connectivity index (χ1n) is 3.22. The molecule has 4 N–H and O–H groups in total. The minimum absolute atomic E-state index is 0.190. The molecule has 0 amide bonds. The number of pyridine rings is 1. The Morgan fingerprint density at radius 2 is 2.45 bits per heavy atom. The Kier molecular flexibility index (Phi) is 2.18. The summed E-state index contributed by atoms with van der Waals surface area (Å²) in [7, 11) is 0. The van der Waals surface area contributed by atoms with E-state index in [0.29, 0.717) is 0 Å². The van der Waals surface area contributed by atoms with E-state index in [2.05, 4.69) is 10.4 Å². The predicted octanol–water partition coefficient (Wildman–Crippen LogP) is 0.179. The zero-order valence-corrected chi connectivity index (χ0v) is 6.26. The third-order valence-electron chi connectivity index (χ3n) is 1.45. The largest absolute Gasteiger partial charge is 0.308 e. The quantitative estimate of drug-likeness (QED) is 0.231. The van der Waals surface area contributed by atoms with Gasteiger partial charge >= 0.3 is 0 Å². The lowest BCUT2D eigenvalue weighted by Crippen LogP contribution is -2.30. The number of nitrogens with one attached hydrogen (secondary N) is 2. The molecule has 0 saturated heterocycles. The van der Waals surface area contributed by atoms with Crippen LogP contribution in [-0.4, -0.2) is 10.8 Å². The SMILES string of the molecule is Cc1ccncc1C(=N)NN. The number of aromatic nitrogens is 1. The molecule has 0 radical (unpaired) electrons. The molecule has 58 valence electrons. The summed E-state index contributed by atoms with van der Waals surface area (Å²) in [5.41, 5.74) is 3.99. The van der Waals surface area contributed by atoms with Crippen molar-refractivity contribution in [2.75, 3.05) is 0 Å². The second-order valence-electron chi connectivity index (χ2n) is 2.21. The summed E-state index contributed by atoms with van der Waals surface area (Å²) in [4.78, 5) is 3.88. The first kappa shape index (κ1) is 7.68. The Labute approximate surface area is 64.9 Å². The molecule has 0 aliphatic heterocycles. The summed E-state index contributed by atoms with van der Waals surface area (Å²) < 4.78 is 0. The van der Waals surface area contributed by atoms with Gasteiger partial charge in [0.05, 0.1) is 0 Å². The number of nitrogens with two attached hydrogens (primary N) is 1. The number of nitrogens with zero attached hydrogens (tertiary/aromatic N) is 1. The molecule has 0 unspecified atom stereocenters. The van der Waals surface area contributed by atoms with Gasteiger partial charge in [0, 0.05) is 18.0 Å². The number of hydrazine groups is 1. The number of hydrogen-bond acceptors (Lipinski definition) is 3. The van der Waals surface area contributed by atoms with Crippen molar-refractivity contribution in [1.82, 2.24) is 10.4 Å². The van der Waals surface area contributed by atoms with Crippen molar-refractivity contribution in [3.8, 4) is 0 Å². The Hall–Kier alpha value is -1.42. The molecule has 0 aromatic carbocycles. The van der Waals surface area contributed by atoms with E-state index in [9.17, 15) is 0 Å². The van der Waals surface area contributed by atoms with Crippen LogP contribution in [0.1, 0.15) is 11.1 Å². The molecule has 1 aromatic rings. The molecule has 0 bridgehead atoms. The highest BCUT2D eigenvalue weighted by Crippen LogP contribution is 2.02.